The zero-order valence-corrected chi connectivity index (χ0v) is 13.6. The molecule has 1 aliphatic rings. The summed E-state index contributed by atoms with van der Waals surface area (Å²) in [4.78, 5) is 24.9. The number of carboxylic acid groups (broad SMARTS) is 1. The monoisotopic (exact) mass is 299 g/mol. The largest absolute Gasteiger partial charge is 0.481 e. The van der Waals surface area contributed by atoms with E-state index in [1.807, 2.05) is 14.1 Å². The highest BCUT2D eigenvalue weighted by molar-refractivity contribution is 5.74. The fourth-order valence-corrected chi connectivity index (χ4v) is 2.95. The molecule has 0 radical (unpaired) electrons. The van der Waals surface area contributed by atoms with Gasteiger partial charge in [-0.2, -0.15) is 0 Å². The number of hydrogen-bond acceptors (Lipinski definition) is 3. The van der Waals surface area contributed by atoms with Crippen LogP contribution in [0.15, 0.2) is 0 Å². The molecule has 1 fully saturated rings. The fourth-order valence-electron chi connectivity index (χ4n) is 2.95. The van der Waals surface area contributed by atoms with Crippen molar-refractivity contribution >= 4 is 12.0 Å². The summed E-state index contributed by atoms with van der Waals surface area (Å²) < 4.78 is 0. The molecular formula is C15H29N3O3. The van der Waals surface area contributed by atoms with Crippen LogP contribution in [0, 0.1) is 11.3 Å². The van der Waals surface area contributed by atoms with Gasteiger partial charge >= 0.3 is 12.0 Å². The minimum Gasteiger partial charge on any atom is -0.481 e. The minimum atomic E-state index is -0.719. The number of nitrogens with one attached hydrogen (secondary N) is 2. The van der Waals surface area contributed by atoms with Crippen LogP contribution < -0.4 is 10.6 Å². The lowest BCUT2D eigenvalue weighted by molar-refractivity contribution is -0.142. The Morgan fingerprint density at radius 1 is 1.19 bits per heavy atom. The zero-order chi connectivity index (χ0) is 16.0. The van der Waals surface area contributed by atoms with Crippen molar-refractivity contribution in [3.63, 3.8) is 0 Å². The molecule has 2 amide bonds. The predicted octanol–water partition coefficient (Wildman–Crippen LogP) is 1.52. The van der Waals surface area contributed by atoms with Crippen LogP contribution in [-0.4, -0.2) is 55.2 Å². The van der Waals surface area contributed by atoms with Gasteiger partial charge in [0, 0.05) is 19.1 Å². The number of urea groups is 1. The first-order chi connectivity index (χ1) is 9.69. The Bertz CT molecular complexity index is 361. The van der Waals surface area contributed by atoms with Gasteiger partial charge in [-0.15, -0.1) is 0 Å². The van der Waals surface area contributed by atoms with E-state index in [4.69, 9.17) is 5.11 Å². The molecule has 0 bridgehead atoms. The summed E-state index contributed by atoms with van der Waals surface area (Å²) in [7, 11) is 4.03. The molecule has 0 atom stereocenters. The van der Waals surface area contributed by atoms with Crippen LogP contribution in [0.4, 0.5) is 4.79 Å². The first kappa shape index (κ1) is 17.8. The lowest BCUT2D eigenvalue weighted by Gasteiger charge is -2.30. The van der Waals surface area contributed by atoms with E-state index in [-0.39, 0.29) is 23.4 Å². The van der Waals surface area contributed by atoms with Crippen LogP contribution in [0.3, 0.4) is 0 Å². The summed E-state index contributed by atoms with van der Waals surface area (Å²) >= 11 is 0. The quantitative estimate of drug-likeness (QED) is 0.694. The van der Waals surface area contributed by atoms with Gasteiger partial charge in [-0.25, -0.2) is 4.79 Å². The molecule has 0 saturated heterocycles. The number of carbonyl (C=O) groups excluding carboxylic acids is 1. The molecule has 21 heavy (non-hydrogen) atoms. The van der Waals surface area contributed by atoms with Gasteiger partial charge < -0.3 is 20.6 Å². The third kappa shape index (κ3) is 6.80. The second-order valence-corrected chi connectivity index (χ2v) is 7.12. The number of rotatable bonds is 6. The van der Waals surface area contributed by atoms with Crippen LogP contribution in [0.5, 0.6) is 0 Å². The summed E-state index contributed by atoms with van der Waals surface area (Å²) in [5.74, 6) is -0.964. The first-order valence-corrected chi connectivity index (χ1v) is 7.61. The highest BCUT2D eigenvalue weighted by Crippen LogP contribution is 2.24. The third-order valence-electron chi connectivity index (χ3n) is 3.88. The molecular weight excluding hydrogens is 270 g/mol. The Morgan fingerprint density at radius 2 is 1.76 bits per heavy atom. The highest BCUT2D eigenvalue weighted by Gasteiger charge is 2.27. The van der Waals surface area contributed by atoms with Gasteiger partial charge in [0.25, 0.3) is 0 Å². The lowest BCUT2D eigenvalue weighted by atomic mass is 9.86. The van der Waals surface area contributed by atoms with Crippen LogP contribution in [-0.2, 0) is 4.79 Å². The van der Waals surface area contributed by atoms with Crippen molar-refractivity contribution in [3.8, 4) is 0 Å². The normalized spacial score (nSPS) is 22.9. The third-order valence-corrected chi connectivity index (χ3v) is 3.88. The Hall–Kier alpha value is -1.30. The fraction of sp³-hybridized carbons (Fsp3) is 0.867. The molecule has 1 rings (SSSR count). The highest BCUT2D eigenvalue weighted by atomic mass is 16.4. The maximum atomic E-state index is 11.9. The number of carboxylic acids is 1. The van der Waals surface area contributed by atoms with E-state index in [0.29, 0.717) is 19.4 Å². The van der Waals surface area contributed by atoms with E-state index in [9.17, 15) is 9.59 Å². The number of aliphatic carboxylic acids is 1. The Labute approximate surface area is 127 Å². The van der Waals surface area contributed by atoms with Gasteiger partial charge in [0.05, 0.1) is 5.92 Å². The summed E-state index contributed by atoms with van der Waals surface area (Å²) in [5, 5.41) is 14.8. The summed E-state index contributed by atoms with van der Waals surface area (Å²) in [5.41, 5.74) is 0.0157. The average molecular weight is 299 g/mol. The maximum Gasteiger partial charge on any atom is 0.315 e. The summed E-state index contributed by atoms with van der Waals surface area (Å²) in [6.07, 6.45) is 2.77. The van der Waals surface area contributed by atoms with E-state index in [1.54, 1.807) is 0 Å². The Morgan fingerprint density at radius 3 is 2.24 bits per heavy atom. The number of amides is 2. The predicted molar refractivity (Wildman–Crippen MR) is 82.3 cm³/mol. The molecule has 0 aromatic rings. The number of hydrogen-bond donors (Lipinski definition) is 3. The summed E-state index contributed by atoms with van der Waals surface area (Å²) in [6.45, 7) is 5.75. The standard InChI is InChI=1S/C15H29N3O3/c1-15(2,10-18(3)4)9-16-14(21)17-12-7-5-11(6-8-12)13(19)20/h11-12H,5-10H2,1-4H3,(H,19,20)(H2,16,17,21). The van der Waals surface area contributed by atoms with Crippen molar-refractivity contribution in [2.75, 3.05) is 27.2 Å². The van der Waals surface area contributed by atoms with Gasteiger partial charge in [0.15, 0.2) is 0 Å². The Balaban J connectivity index is 2.27. The number of nitrogens with zero attached hydrogens (tertiary/aromatic N) is 1. The van der Waals surface area contributed by atoms with Crippen LogP contribution in [0.25, 0.3) is 0 Å². The Kier molecular flexibility index (Phi) is 6.45. The molecule has 0 aliphatic heterocycles. The molecule has 1 saturated carbocycles. The molecule has 1 aliphatic carbocycles. The van der Waals surface area contributed by atoms with Gasteiger partial charge in [-0.3, -0.25) is 4.79 Å². The average Bonchev–Trinajstić information content (AvgIpc) is 2.36. The van der Waals surface area contributed by atoms with Crippen LogP contribution in [0.1, 0.15) is 39.5 Å². The van der Waals surface area contributed by atoms with Crippen LogP contribution >= 0.6 is 0 Å². The zero-order valence-electron chi connectivity index (χ0n) is 13.6. The molecule has 122 valence electrons. The first-order valence-electron chi connectivity index (χ1n) is 7.61. The van der Waals surface area contributed by atoms with Gasteiger partial charge in [0.2, 0.25) is 0 Å². The van der Waals surface area contributed by atoms with E-state index < -0.39 is 5.97 Å². The van der Waals surface area contributed by atoms with Gasteiger partial charge in [0.1, 0.15) is 0 Å². The topological polar surface area (TPSA) is 81.7 Å². The van der Waals surface area contributed by atoms with Crippen molar-refractivity contribution in [1.82, 2.24) is 15.5 Å². The number of carbonyl (C=O) groups is 2. The van der Waals surface area contributed by atoms with Crippen molar-refractivity contribution < 1.29 is 14.7 Å². The van der Waals surface area contributed by atoms with Crippen LogP contribution in [0.2, 0.25) is 0 Å². The van der Waals surface area contributed by atoms with Crippen molar-refractivity contribution in [1.29, 1.82) is 0 Å². The second kappa shape index (κ2) is 7.64. The molecule has 6 nitrogen and oxygen atoms in total. The molecule has 6 heteroatoms. The van der Waals surface area contributed by atoms with E-state index in [1.165, 1.54) is 0 Å². The van der Waals surface area contributed by atoms with Crippen molar-refractivity contribution in [2.24, 2.45) is 11.3 Å². The van der Waals surface area contributed by atoms with E-state index in [2.05, 4.69) is 29.4 Å². The molecule has 3 N–H and O–H groups in total. The van der Waals surface area contributed by atoms with Crippen molar-refractivity contribution in [2.45, 2.75) is 45.6 Å². The smallest absolute Gasteiger partial charge is 0.315 e. The second-order valence-electron chi connectivity index (χ2n) is 7.12. The molecule has 0 spiro atoms. The molecule has 0 unspecified atom stereocenters. The van der Waals surface area contributed by atoms with E-state index >= 15 is 0 Å². The molecule has 0 heterocycles. The molecule has 0 aromatic heterocycles. The van der Waals surface area contributed by atoms with E-state index in [0.717, 1.165) is 19.4 Å². The SMILES string of the molecule is CN(C)CC(C)(C)CNC(=O)NC1CCC(C(=O)O)CC1. The molecule has 0 aromatic carbocycles. The maximum absolute atomic E-state index is 11.9. The summed E-state index contributed by atoms with van der Waals surface area (Å²) in [6, 6.07) is -0.0573. The van der Waals surface area contributed by atoms with Gasteiger partial charge in [-0.1, -0.05) is 13.8 Å². The van der Waals surface area contributed by atoms with Gasteiger partial charge in [-0.05, 0) is 45.2 Å². The lowest BCUT2D eigenvalue weighted by Crippen LogP contribution is -2.47. The van der Waals surface area contributed by atoms with Crippen molar-refractivity contribution in [3.05, 3.63) is 0 Å². The minimum absolute atomic E-state index is 0.0157.